The fourth-order valence-electron chi connectivity index (χ4n) is 3.06. The SMILES string of the molecule is CC[C@H]1C(=O)NCCN1C(=O)CCC1CCNCC1. The molecular weight excluding hydrogens is 242 g/mol. The van der Waals surface area contributed by atoms with Crippen molar-refractivity contribution in [1.29, 1.82) is 0 Å². The average Bonchev–Trinajstić information content (AvgIpc) is 2.45. The number of piperazine rings is 1. The summed E-state index contributed by atoms with van der Waals surface area (Å²) in [4.78, 5) is 25.8. The predicted octanol–water partition coefficient (Wildman–Crippen LogP) is 0.503. The summed E-state index contributed by atoms with van der Waals surface area (Å²) in [5.74, 6) is 0.827. The van der Waals surface area contributed by atoms with Crippen LogP contribution in [0.2, 0.25) is 0 Å². The zero-order chi connectivity index (χ0) is 13.7. The van der Waals surface area contributed by atoms with Crippen LogP contribution < -0.4 is 10.6 Å². The molecule has 0 aromatic carbocycles. The lowest BCUT2D eigenvalue weighted by Gasteiger charge is -2.35. The molecule has 0 aromatic heterocycles. The van der Waals surface area contributed by atoms with Crippen LogP contribution in [0.5, 0.6) is 0 Å². The largest absolute Gasteiger partial charge is 0.353 e. The first-order valence-corrected chi connectivity index (χ1v) is 7.50. The standard InChI is InChI=1S/C14H25N3O2/c1-2-12-14(19)16-9-10-17(12)13(18)4-3-11-5-7-15-8-6-11/h11-12,15H,2-10H2,1H3,(H,16,19)/t12-/m0/s1. The Hall–Kier alpha value is -1.10. The zero-order valence-electron chi connectivity index (χ0n) is 11.8. The molecule has 2 aliphatic heterocycles. The molecular formula is C14H25N3O2. The molecule has 2 fully saturated rings. The summed E-state index contributed by atoms with van der Waals surface area (Å²) in [6.07, 6.45) is 4.60. The van der Waals surface area contributed by atoms with Crippen molar-refractivity contribution in [2.24, 2.45) is 5.92 Å². The summed E-state index contributed by atoms with van der Waals surface area (Å²) >= 11 is 0. The molecule has 0 spiro atoms. The van der Waals surface area contributed by atoms with Gasteiger partial charge in [-0.25, -0.2) is 0 Å². The van der Waals surface area contributed by atoms with Crippen molar-refractivity contribution >= 4 is 11.8 Å². The van der Waals surface area contributed by atoms with Gasteiger partial charge in [-0.05, 0) is 44.7 Å². The van der Waals surface area contributed by atoms with Crippen molar-refractivity contribution in [2.45, 2.75) is 45.1 Å². The van der Waals surface area contributed by atoms with Gasteiger partial charge in [0.05, 0.1) is 0 Å². The second-order valence-electron chi connectivity index (χ2n) is 5.53. The summed E-state index contributed by atoms with van der Waals surface area (Å²) < 4.78 is 0. The van der Waals surface area contributed by atoms with Gasteiger partial charge in [0.2, 0.25) is 11.8 Å². The Morgan fingerprint density at radius 3 is 2.74 bits per heavy atom. The lowest BCUT2D eigenvalue weighted by atomic mass is 9.93. The molecule has 2 heterocycles. The highest BCUT2D eigenvalue weighted by Gasteiger charge is 2.31. The van der Waals surface area contributed by atoms with Gasteiger partial charge in [-0.2, -0.15) is 0 Å². The number of amides is 2. The number of hydrogen-bond acceptors (Lipinski definition) is 3. The van der Waals surface area contributed by atoms with Crippen molar-refractivity contribution in [3.8, 4) is 0 Å². The minimum Gasteiger partial charge on any atom is -0.353 e. The van der Waals surface area contributed by atoms with Gasteiger partial charge in [0.15, 0.2) is 0 Å². The van der Waals surface area contributed by atoms with Crippen molar-refractivity contribution in [3.63, 3.8) is 0 Å². The second-order valence-corrected chi connectivity index (χ2v) is 5.53. The van der Waals surface area contributed by atoms with Gasteiger partial charge in [0, 0.05) is 19.5 Å². The number of hydrogen-bond donors (Lipinski definition) is 2. The van der Waals surface area contributed by atoms with E-state index < -0.39 is 0 Å². The molecule has 2 saturated heterocycles. The van der Waals surface area contributed by atoms with E-state index in [4.69, 9.17) is 0 Å². The Morgan fingerprint density at radius 2 is 2.05 bits per heavy atom. The van der Waals surface area contributed by atoms with Crippen molar-refractivity contribution in [1.82, 2.24) is 15.5 Å². The van der Waals surface area contributed by atoms with Crippen molar-refractivity contribution in [2.75, 3.05) is 26.2 Å². The number of carbonyl (C=O) groups excluding carboxylic acids is 2. The molecule has 0 aliphatic carbocycles. The topological polar surface area (TPSA) is 61.4 Å². The van der Waals surface area contributed by atoms with Crippen molar-refractivity contribution in [3.05, 3.63) is 0 Å². The third-order valence-corrected chi connectivity index (χ3v) is 4.26. The maximum absolute atomic E-state index is 12.3. The molecule has 2 aliphatic rings. The highest BCUT2D eigenvalue weighted by molar-refractivity contribution is 5.88. The van der Waals surface area contributed by atoms with E-state index in [1.54, 1.807) is 4.90 Å². The molecule has 19 heavy (non-hydrogen) atoms. The van der Waals surface area contributed by atoms with Crippen LogP contribution in [0.3, 0.4) is 0 Å². The van der Waals surface area contributed by atoms with Crippen LogP contribution in [-0.4, -0.2) is 48.9 Å². The second kappa shape index (κ2) is 6.89. The summed E-state index contributed by atoms with van der Waals surface area (Å²) in [5, 5.41) is 6.17. The predicted molar refractivity (Wildman–Crippen MR) is 73.6 cm³/mol. The van der Waals surface area contributed by atoms with E-state index in [1.807, 2.05) is 6.92 Å². The first-order valence-electron chi connectivity index (χ1n) is 7.50. The Bertz CT molecular complexity index is 327. The van der Waals surface area contributed by atoms with Gasteiger partial charge in [-0.15, -0.1) is 0 Å². The molecule has 108 valence electrons. The lowest BCUT2D eigenvalue weighted by Crippen LogP contribution is -2.56. The van der Waals surface area contributed by atoms with E-state index in [0.717, 1.165) is 19.5 Å². The summed E-state index contributed by atoms with van der Waals surface area (Å²) in [6.45, 7) is 5.36. The van der Waals surface area contributed by atoms with Gasteiger partial charge >= 0.3 is 0 Å². The smallest absolute Gasteiger partial charge is 0.242 e. The van der Waals surface area contributed by atoms with Crippen LogP contribution >= 0.6 is 0 Å². The molecule has 2 amide bonds. The maximum Gasteiger partial charge on any atom is 0.242 e. The normalized spacial score (nSPS) is 25.2. The molecule has 0 radical (unpaired) electrons. The van der Waals surface area contributed by atoms with Crippen LogP contribution in [0.15, 0.2) is 0 Å². The lowest BCUT2D eigenvalue weighted by molar-refractivity contribution is -0.143. The number of carbonyl (C=O) groups is 2. The molecule has 2 rings (SSSR count). The first-order chi connectivity index (χ1) is 9.22. The highest BCUT2D eigenvalue weighted by atomic mass is 16.2. The molecule has 0 unspecified atom stereocenters. The van der Waals surface area contributed by atoms with Gasteiger partial charge in [0.1, 0.15) is 6.04 Å². The Labute approximate surface area is 115 Å². The maximum atomic E-state index is 12.3. The summed E-state index contributed by atoms with van der Waals surface area (Å²) in [7, 11) is 0. The molecule has 5 heteroatoms. The Kier molecular flexibility index (Phi) is 5.19. The number of piperidine rings is 1. The summed E-state index contributed by atoms with van der Waals surface area (Å²) in [5.41, 5.74) is 0. The Balaban J connectivity index is 1.82. The third kappa shape index (κ3) is 3.69. The highest BCUT2D eigenvalue weighted by Crippen LogP contribution is 2.19. The first kappa shape index (κ1) is 14.3. The number of nitrogens with one attached hydrogen (secondary N) is 2. The van der Waals surface area contributed by atoms with E-state index in [0.29, 0.717) is 31.8 Å². The number of rotatable bonds is 4. The van der Waals surface area contributed by atoms with E-state index in [1.165, 1.54) is 12.8 Å². The van der Waals surface area contributed by atoms with E-state index in [-0.39, 0.29) is 17.9 Å². The van der Waals surface area contributed by atoms with Crippen LogP contribution in [0, 0.1) is 5.92 Å². The fraction of sp³-hybridized carbons (Fsp3) is 0.857. The van der Waals surface area contributed by atoms with Gasteiger partial charge in [-0.1, -0.05) is 6.92 Å². The van der Waals surface area contributed by atoms with E-state index in [2.05, 4.69) is 10.6 Å². The zero-order valence-corrected chi connectivity index (χ0v) is 11.8. The number of nitrogens with zero attached hydrogens (tertiary/aromatic N) is 1. The Morgan fingerprint density at radius 1 is 1.32 bits per heavy atom. The average molecular weight is 267 g/mol. The molecule has 1 atom stereocenters. The van der Waals surface area contributed by atoms with Crippen molar-refractivity contribution < 1.29 is 9.59 Å². The fourth-order valence-corrected chi connectivity index (χ4v) is 3.06. The molecule has 5 nitrogen and oxygen atoms in total. The quantitative estimate of drug-likeness (QED) is 0.780. The van der Waals surface area contributed by atoms with Gasteiger partial charge in [-0.3, -0.25) is 9.59 Å². The van der Waals surface area contributed by atoms with Crippen LogP contribution in [0.1, 0.15) is 39.0 Å². The minimum absolute atomic E-state index is 0.00367. The third-order valence-electron chi connectivity index (χ3n) is 4.26. The molecule has 0 aromatic rings. The molecule has 2 N–H and O–H groups in total. The summed E-state index contributed by atoms with van der Waals surface area (Å²) in [6, 6.07) is -0.255. The van der Waals surface area contributed by atoms with Crippen LogP contribution in [-0.2, 0) is 9.59 Å². The molecule has 0 saturated carbocycles. The van der Waals surface area contributed by atoms with E-state index in [9.17, 15) is 9.59 Å². The van der Waals surface area contributed by atoms with Crippen LogP contribution in [0.4, 0.5) is 0 Å². The van der Waals surface area contributed by atoms with Crippen LogP contribution in [0.25, 0.3) is 0 Å². The van der Waals surface area contributed by atoms with Gasteiger partial charge in [0.25, 0.3) is 0 Å². The molecule has 0 bridgehead atoms. The van der Waals surface area contributed by atoms with Gasteiger partial charge < -0.3 is 15.5 Å². The monoisotopic (exact) mass is 267 g/mol. The van der Waals surface area contributed by atoms with E-state index >= 15 is 0 Å². The minimum atomic E-state index is -0.255.